The van der Waals surface area contributed by atoms with Crippen LogP contribution in [0.1, 0.15) is 70.6 Å². The van der Waals surface area contributed by atoms with E-state index < -0.39 is 0 Å². The predicted octanol–water partition coefficient (Wildman–Crippen LogP) is 3.56. The van der Waals surface area contributed by atoms with Crippen LogP contribution in [0.3, 0.4) is 0 Å². The van der Waals surface area contributed by atoms with E-state index >= 15 is 0 Å². The van der Waals surface area contributed by atoms with Gasteiger partial charge in [0.1, 0.15) is 0 Å². The lowest BCUT2D eigenvalue weighted by molar-refractivity contribution is 0.102. The Balaban J connectivity index is 1.42. The van der Waals surface area contributed by atoms with E-state index in [0.29, 0.717) is 5.41 Å². The van der Waals surface area contributed by atoms with Crippen LogP contribution >= 0.6 is 0 Å². The average molecular weight is 276 g/mol. The van der Waals surface area contributed by atoms with E-state index in [2.05, 4.69) is 10.2 Å². The predicted molar refractivity (Wildman–Crippen MR) is 83.9 cm³/mol. The maximum Gasteiger partial charge on any atom is 0.00988 e. The number of hydrogen-bond acceptors (Lipinski definition) is 2. The summed E-state index contributed by atoms with van der Waals surface area (Å²) in [7, 11) is 0. The second-order valence-corrected chi connectivity index (χ2v) is 8.33. The zero-order valence-corrected chi connectivity index (χ0v) is 13.1. The first-order chi connectivity index (χ1) is 9.83. The van der Waals surface area contributed by atoms with Gasteiger partial charge in [0.25, 0.3) is 0 Å². The van der Waals surface area contributed by atoms with E-state index in [1.807, 2.05) is 0 Å². The van der Waals surface area contributed by atoms with Crippen LogP contribution in [0.25, 0.3) is 0 Å². The lowest BCUT2D eigenvalue weighted by Crippen LogP contribution is -2.47. The molecule has 2 bridgehead atoms. The molecule has 1 heterocycles. The molecule has 2 atom stereocenters. The van der Waals surface area contributed by atoms with Crippen molar-refractivity contribution in [1.29, 1.82) is 0 Å². The Bertz CT molecular complexity index is 328. The van der Waals surface area contributed by atoms with Crippen LogP contribution in [0.15, 0.2) is 0 Å². The third-order valence-electron chi connectivity index (χ3n) is 6.57. The summed E-state index contributed by atoms with van der Waals surface area (Å²) in [6.07, 6.45) is 16.3. The molecule has 0 spiro atoms. The van der Waals surface area contributed by atoms with E-state index in [1.165, 1.54) is 90.3 Å². The molecule has 20 heavy (non-hydrogen) atoms. The molecule has 2 nitrogen and oxygen atoms in total. The van der Waals surface area contributed by atoms with Crippen molar-refractivity contribution in [2.24, 2.45) is 11.3 Å². The standard InChI is InChI=1S/C18H32N2/c1-2-4-10-18(9-3-1,13-19-16-6-7-16)14-20-12-15-5-8-17(20)11-15/h15-17,19H,1-14H2. The highest BCUT2D eigenvalue weighted by Crippen LogP contribution is 2.42. The summed E-state index contributed by atoms with van der Waals surface area (Å²) >= 11 is 0. The lowest BCUT2D eigenvalue weighted by atomic mass is 9.79. The highest BCUT2D eigenvalue weighted by atomic mass is 15.2. The van der Waals surface area contributed by atoms with Crippen LogP contribution in [-0.2, 0) is 0 Å². The smallest absolute Gasteiger partial charge is 0.00988 e. The van der Waals surface area contributed by atoms with Crippen molar-refractivity contribution in [1.82, 2.24) is 10.2 Å². The van der Waals surface area contributed by atoms with Gasteiger partial charge in [0.05, 0.1) is 0 Å². The van der Waals surface area contributed by atoms with Crippen molar-refractivity contribution in [3.63, 3.8) is 0 Å². The van der Waals surface area contributed by atoms with Crippen molar-refractivity contribution in [3.05, 3.63) is 0 Å². The van der Waals surface area contributed by atoms with Gasteiger partial charge in [-0.05, 0) is 56.3 Å². The van der Waals surface area contributed by atoms with Crippen LogP contribution < -0.4 is 5.32 Å². The van der Waals surface area contributed by atoms with Crippen molar-refractivity contribution in [3.8, 4) is 0 Å². The van der Waals surface area contributed by atoms with Crippen LogP contribution in [0.4, 0.5) is 0 Å². The fraction of sp³-hybridized carbons (Fsp3) is 1.00. The van der Waals surface area contributed by atoms with E-state index in [0.717, 1.165) is 18.0 Å². The molecule has 1 saturated heterocycles. The highest BCUT2D eigenvalue weighted by Gasteiger charge is 2.42. The first-order valence-corrected chi connectivity index (χ1v) is 9.30. The number of hydrogen-bond donors (Lipinski definition) is 1. The first-order valence-electron chi connectivity index (χ1n) is 9.30. The average Bonchev–Trinajstić information content (AvgIpc) is 3.13. The van der Waals surface area contributed by atoms with Gasteiger partial charge in [-0.1, -0.05) is 25.7 Å². The van der Waals surface area contributed by atoms with Crippen LogP contribution in [-0.4, -0.2) is 36.6 Å². The minimum Gasteiger partial charge on any atom is -0.313 e. The van der Waals surface area contributed by atoms with Crippen LogP contribution in [0, 0.1) is 11.3 Å². The summed E-state index contributed by atoms with van der Waals surface area (Å²) in [5.74, 6) is 1.05. The molecular weight excluding hydrogens is 244 g/mol. The lowest BCUT2D eigenvalue weighted by Gasteiger charge is -2.40. The Morgan fingerprint density at radius 3 is 2.35 bits per heavy atom. The molecular formula is C18H32N2. The first kappa shape index (κ1) is 13.6. The third kappa shape index (κ3) is 2.92. The van der Waals surface area contributed by atoms with Gasteiger partial charge in [0.15, 0.2) is 0 Å². The van der Waals surface area contributed by atoms with Gasteiger partial charge in [0.2, 0.25) is 0 Å². The minimum atomic E-state index is 0.615. The molecule has 4 aliphatic rings. The normalized spacial score (nSPS) is 37.2. The molecule has 1 N–H and O–H groups in total. The highest BCUT2D eigenvalue weighted by molar-refractivity contribution is 4.97. The van der Waals surface area contributed by atoms with Gasteiger partial charge in [0, 0.05) is 31.7 Å². The van der Waals surface area contributed by atoms with Crippen molar-refractivity contribution >= 4 is 0 Å². The van der Waals surface area contributed by atoms with Crippen LogP contribution in [0.2, 0.25) is 0 Å². The molecule has 4 fully saturated rings. The quantitative estimate of drug-likeness (QED) is 0.772. The maximum absolute atomic E-state index is 3.89. The third-order valence-corrected chi connectivity index (χ3v) is 6.57. The molecule has 0 amide bonds. The van der Waals surface area contributed by atoms with Gasteiger partial charge < -0.3 is 5.32 Å². The zero-order chi connectivity index (χ0) is 13.4. The molecule has 3 saturated carbocycles. The number of piperidine rings is 1. The van der Waals surface area contributed by atoms with E-state index in [4.69, 9.17) is 0 Å². The summed E-state index contributed by atoms with van der Waals surface area (Å²) < 4.78 is 0. The molecule has 2 unspecified atom stereocenters. The molecule has 0 aromatic heterocycles. The monoisotopic (exact) mass is 276 g/mol. The largest absolute Gasteiger partial charge is 0.313 e. The Morgan fingerprint density at radius 1 is 0.950 bits per heavy atom. The minimum absolute atomic E-state index is 0.615. The van der Waals surface area contributed by atoms with Crippen molar-refractivity contribution < 1.29 is 0 Å². The zero-order valence-electron chi connectivity index (χ0n) is 13.1. The summed E-state index contributed by atoms with van der Waals surface area (Å²) in [6, 6.07) is 1.84. The van der Waals surface area contributed by atoms with Crippen LogP contribution in [0.5, 0.6) is 0 Å². The van der Waals surface area contributed by atoms with Gasteiger partial charge in [-0.2, -0.15) is 0 Å². The fourth-order valence-corrected chi connectivity index (χ4v) is 5.17. The van der Waals surface area contributed by atoms with E-state index in [-0.39, 0.29) is 0 Å². The Labute approximate surface area is 124 Å². The summed E-state index contributed by atoms with van der Waals surface area (Å²) in [5.41, 5.74) is 0.615. The Hall–Kier alpha value is -0.0800. The van der Waals surface area contributed by atoms with Gasteiger partial charge >= 0.3 is 0 Å². The molecule has 114 valence electrons. The number of likely N-dealkylation sites (tertiary alicyclic amines) is 1. The van der Waals surface area contributed by atoms with E-state index in [9.17, 15) is 0 Å². The SMILES string of the molecule is C1CCCC(CNC2CC2)(CN2CC3CCC2C3)CC1. The summed E-state index contributed by atoms with van der Waals surface area (Å²) in [6.45, 7) is 4.15. The van der Waals surface area contributed by atoms with Gasteiger partial charge in [-0.15, -0.1) is 0 Å². The second-order valence-electron chi connectivity index (χ2n) is 8.33. The number of nitrogens with one attached hydrogen (secondary N) is 1. The molecule has 1 aliphatic heterocycles. The number of nitrogens with zero attached hydrogens (tertiary/aromatic N) is 1. The van der Waals surface area contributed by atoms with E-state index in [1.54, 1.807) is 0 Å². The maximum atomic E-state index is 3.89. The molecule has 0 aromatic carbocycles. The topological polar surface area (TPSA) is 15.3 Å². The van der Waals surface area contributed by atoms with Crippen molar-refractivity contribution in [2.45, 2.75) is 82.7 Å². The summed E-state index contributed by atoms with van der Waals surface area (Å²) in [5, 5.41) is 3.89. The molecule has 0 aromatic rings. The molecule has 2 heteroatoms. The van der Waals surface area contributed by atoms with Gasteiger partial charge in [-0.25, -0.2) is 0 Å². The summed E-state index contributed by atoms with van der Waals surface area (Å²) in [4.78, 5) is 2.90. The van der Waals surface area contributed by atoms with Gasteiger partial charge in [-0.3, -0.25) is 4.90 Å². The molecule has 3 aliphatic carbocycles. The Kier molecular flexibility index (Phi) is 3.80. The number of rotatable bonds is 5. The van der Waals surface area contributed by atoms with Crippen molar-refractivity contribution in [2.75, 3.05) is 19.6 Å². The second kappa shape index (κ2) is 5.61. The fourth-order valence-electron chi connectivity index (χ4n) is 5.17. The Morgan fingerprint density at radius 2 is 1.75 bits per heavy atom. The molecule has 4 rings (SSSR count). The molecule has 0 radical (unpaired) electrons. The number of fused-ring (bicyclic) bond motifs is 2.